The Labute approximate surface area is 176 Å². The van der Waals surface area contributed by atoms with E-state index in [2.05, 4.69) is 15.0 Å². The van der Waals surface area contributed by atoms with Crippen LogP contribution < -0.4 is 10.0 Å². The van der Waals surface area contributed by atoms with Crippen molar-refractivity contribution in [2.24, 2.45) is 0 Å². The fourth-order valence-electron chi connectivity index (χ4n) is 3.06. The highest BCUT2D eigenvalue weighted by Gasteiger charge is 2.22. The number of aromatic nitrogens is 2. The molecule has 7 nitrogen and oxygen atoms in total. The van der Waals surface area contributed by atoms with Crippen LogP contribution in [-0.2, 0) is 20.4 Å². The molecule has 3 aromatic rings. The quantitative estimate of drug-likeness (QED) is 0.602. The van der Waals surface area contributed by atoms with E-state index in [1.807, 2.05) is 67.8 Å². The van der Waals surface area contributed by atoms with E-state index in [0.717, 1.165) is 22.0 Å². The molecule has 0 radical (unpaired) electrons. The van der Waals surface area contributed by atoms with E-state index in [1.54, 1.807) is 12.1 Å². The second kappa shape index (κ2) is 8.81. The molecule has 3 rings (SSSR count). The Morgan fingerprint density at radius 3 is 2.43 bits per heavy atom. The number of nitrogens with one attached hydrogen (secondary N) is 2. The first-order valence-corrected chi connectivity index (χ1v) is 11.2. The van der Waals surface area contributed by atoms with Crippen LogP contribution in [0.2, 0.25) is 0 Å². The zero-order chi connectivity index (χ0) is 21.8. The van der Waals surface area contributed by atoms with Gasteiger partial charge in [-0.2, -0.15) is 0 Å². The lowest BCUT2D eigenvalue weighted by Crippen LogP contribution is -2.28. The van der Waals surface area contributed by atoms with Crippen LogP contribution >= 0.6 is 0 Å². The fourth-order valence-corrected chi connectivity index (χ4v) is 3.88. The SMILES string of the molecule is CC(C)(C)n1c(NC(=O)CCNS(=O)(=O)/C=C/c2ccccc2)nc2ccccc21. The summed E-state index contributed by atoms with van der Waals surface area (Å²) in [6.45, 7) is 6.08. The molecule has 2 aromatic carbocycles. The van der Waals surface area contributed by atoms with E-state index in [9.17, 15) is 13.2 Å². The van der Waals surface area contributed by atoms with Crippen LogP contribution in [0.3, 0.4) is 0 Å². The number of hydrogen-bond donors (Lipinski definition) is 2. The van der Waals surface area contributed by atoms with Gasteiger partial charge in [-0.1, -0.05) is 42.5 Å². The number of para-hydroxylation sites is 2. The average molecular weight is 427 g/mol. The molecule has 0 spiro atoms. The van der Waals surface area contributed by atoms with Gasteiger partial charge in [0.25, 0.3) is 0 Å². The molecule has 2 N–H and O–H groups in total. The van der Waals surface area contributed by atoms with E-state index >= 15 is 0 Å². The number of sulfonamides is 1. The van der Waals surface area contributed by atoms with E-state index in [-0.39, 0.29) is 24.4 Å². The Kier molecular flexibility index (Phi) is 6.38. The minimum absolute atomic E-state index is 0.00818. The zero-order valence-corrected chi connectivity index (χ0v) is 18.1. The Hall–Kier alpha value is -2.97. The number of amides is 1. The van der Waals surface area contributed by atoms with E-state index in [4.69, 9.17) is 0 Å². The van der Waals surface area contributed by atoms with Gasteiger partial charge in [0.15, 0.2) is 0 Å². The van der Waals surface area contributed by atoms with Crippen molar-refractivity contribution in [3.8, 4) is 0 Å². The van der Waals surface area contributed by atoms with Gasteiger partial charge in [0.2, 0.25) is 21.9 Å². The second-order valence-corrected chi connectivity index (χ2v) is 9.53. The fraction of sp³-hybridized carbons (Fsp3) is 0.273. The first kappa shape index (κ1) is 21.7. The summed E-state index contributed by atoms with van der Waals surface area (Å²) in [4.78, 5) is 16.9. The van der Waals surface area contributed by atoms with Gasteiger partial charge in [-0.15, -0.1) is 0 Å². The Balaban J connectivity index is 1.62. The van der Waals surface area contributed by atoms with Crippen molar-refractivity contribution < 1.29 is 13.2 Å². The minimum Gasteiger partial charge on any atom is -0.305 e. The minimum atomic E-state index is -3.63. The molecule has 1 heterocycles. The van der Waals surface area contributed by atoms with Crippen molar-refractivity contribution in [3.05, 3.63) is 65.6 Å². The topological polar surface area (TPSA) is 93.1 Å². The highest BCUT2D eigenvalue weighted by atomic mass is 32.2. The van der Waals surface area contributed by atoms with Crippen molar-refractivity contribution in [3.63, 3.8) is 0 Å². The molecule has 1 aromatic heterocycles. The van der Waals surface area contributed by atoms with Crippen molar-refractivity contribution in [2.75, 3.05) is 11.9 Å². The monoisotopic (exact) mass is 426 g/mol. The smallest absolute Gasteiger partial charge is 0.233 e. The van der Waals surface area contributed by atoms with Crippen molar-refractivity contribution in [1.82, 2.24) is 14.3 Å². The van der Waals surface area contributed by atoms with Crippen LogP contribution in [-0.4, -0.2) is 30.4 Å². The molecule has 0 saturated heterocycles. The number of fused-ring (bicyclic) bond motifs is 1. The summed E-state index contributed by atoms with van der Waals surface area (Å²) in [5.74, 6) is 0.131. The summed E-state index contributed by atoms with van der Waals surface area (Å²) in [7, 11) is -3.63. The van der Waals surface area contributed by atoms with Crippen LogP contribution in [0.1, 0.15) is 32.8 Å². The summed E-state index contributed by atoms with van der Waals surface area (Å²) in [5, 5.41) is 3.91. The molecule has 30 heavy (non-hydrogen) atoms. The standard InChI is InChI=1S/C22H26N4O3S/c1-22(2,3)26-19-12-8-7-11-18(19)24-21(26)25-20(27)13-15-23-30(28,29)16-14-17-9-5-4-6-10-17/h4-12,14,16,23H,13,15H2,1-3H3,(H,24,25,27)/b16-14+. The maximum absolute atomic E-state index is 12.4. The Morgan fingerprint density at radius 2 is 1.73 bits per heavy atom. The predicted octanol–water partition coefficient (Wildman–Crippen LogP) is 3.71. The van der Waals surface area contributed by atoms with Gasteiger partial charge >= 0.3 is 0 Å². The lowest BCUT2D eigenvalue weighted by molar-refractivity contribution is -0.116. The largest absolute Gasteiger partial charge is 0.305 e. The van der Waals surface area contributed by atoms with E-state index in [0.29, 0.717) is 5.95 Å². The lowest BCUT2D eigenvalue weighted by Gasteiger charge is -2.24. The average Bonchev–Trinajstić information content (AvgIpc) is 3.05. The third kappa shape index (κ3) is 5.55. The summed E-state index contributed by atoms with van der Waals surface area (Å²) in [5.41, 5.74) is 2.20. The maximum Gasteiger partial charge on any atom is 0.233 e. The molecule has 158 valence electrons. The number of imidazole rings is 1. The van der Waals surface area contributed by atoms with Crippen molar-refractivity contribution in [1.29, 1.82) is 0 Å². The van der Waals surface area contributed by atoms with Crippen LogP contribution in [0, 0.1) is 0 Å². The summed E-state index contributed by atoms with van der Waals surface area (Å²) in [6, 6.07) is 16.8. The third-order valence-electron chi connectivity index (χ3n) is 4.38. The number of hydrogen-bond acceptors (Lipinski definition) is 4. The first-order chi connectivity index (χ1) is 14.2. The lowest BCUT2D eigenvalue weighted by atomic mass is 10.1. The normalized spacial score (nSPS) is 12.5. The summed E-state index contributed by atoms with van der Waals surface area (Å²) < 4.78 is 28.6. The molecule has 0 aliphatic carbocycles. The molecule has 0 aliphatic heterocycles. The summed E-state index contributed by atoms with van der Waals surface area (Å²) in [6.07, 6.45) is 1.50. The number of nitrogens with zero attached hydrogens (tertiary/aromatic N) is 2. The van der Waals surface area contributed by atoms with Gasteiger partial charge in [-0.3, -0.25) is 10.1 Å². The zero-order valence-electron chi connectivity index (χ0n) is 17.3. The highest BCUT2D eigenvalue weighted by Crippen LogP contribution is 2.27. The summed E-state index contributed by atoms with van der Waals surface area (Å²) >= 11 is 0. The molecular formula is C22H26N4O3S. The van der Waals surface area contributed by atoms with Gasteiger partial charge in [0.1, 0.15) is 0 Å². The van der Waals surface area contributed by atoms with Gasteiger partial charge in [0, 0.05) is 23.9 Å². The van der Waals surface area contributed by atoms with Crippen molar-refractivity contribution >= 4 is 39.0 Å². The molecule has 0 bridgehead atoms. The molecule has 0 saturated carbocycles. The number of rotatable bonds is 7. The van der Waals surface area contributed by atoms with Crippen LogP contribution in [0.25, 0.3) is 17.1 Å². The predicted molar refractivity (Wildman–Crippen MR) is 120 cm³/mol. The van der Waals surface area contributed by atoms with E-state index in [1.165, 1.54) is 6.08 Å². The Morgan fingerprint density at radius 1 is 1.07 bits per heavy atom. The second-order valence-electron chi connectivity index (χ2n) is 7.88. The maximum atomic E-state index is 12.4. The number of anilines is 1. The third-order valence-corrected chi connectivity index (χ3v) is 5.48. The van der Waals surface area contributed by atoms with Crippen LogP contribution in [0.4, 0.5) is 5.95 Å². The van der Waals surface area contributed by atoms with Gasteiger partial charge < -0.3 is 4.57 Å². The van der Waals surface area contributed by atoms with Gasteiger partial charge in [-0.05, 0) is 44.5 Å². The molecule has 0 aliphatic rings. The van der Waals surface area contributed by atoms with Crippen LogP contribution in [0.15, 0.2) is 60.0 Å². The number of carbonyl (C=O) groups excluding carboxylic acids is 1. The highest BCUT2D eigenvalue weighted by molar-refractivity contribution is 7.92. The van der Waals surface area contributed by atoms with Gasteiger partial charge in [0.05, 0.1) is 11.0 Å². The molecule has 1 amide bonds. The number of carbonyl (C=O) groups is 1. The molecule has 0 fully saturated rings. The molecule has 8 heteroatoms. The number of benzene rings is 2. The van der Waals surface area contributed by atoms with E-state index < -0.39 is 10.0 Å². The van der Waals surface area contributed by atoms with Gasteiger partial charge in [-0.25, -0.2) is 18.1 Å². The molecule has 0 unspecified atom stereocenters. The van der Waals surface area contributed by atoms with Crippen molar-refractivity contribution in [2.45, 2.75) is 32.7 Å². The Bertz CT molecular complexity index is 1160. The first-order valence-electron chi connectivity index (χ1n) is 9.66. The molecule has 0 atom stereocenters. The van der Waals surface area contributed by atoms with Crippen LogP contribution in [0.5, 0.6) is 0 Å². The molecular weight excluding hydrogens is 400 g/mol.